The third kappa shape index (κ3) is 1.31. The highest BCUT2D eigenvalue weighted by Crippen LogP contribution is 2.42. The molecule has 0 nitrogen and oxygen atoms in total. The summed E-state index contributed by atoms with van der Waals surface area (Å²) in [6, 6.07) is 0. The van der Waals surface area contributed by atoms with Crippen molar-refractivity contribution in [1.29, 1.82) is 0 Å². The molecule has 1 unspecified atom stereocenters. The second kappa shape index (κ2) is 3.30. The molecule has 0 aliphatic heterocycles. The highest BCUT2D eigenvalue weighted by Gasteiger charge is 2.38. The Kier molecular flexibility index (Phi) is 2.33. The molecule has 0 aromatic heterocycles. The van der Waals surface area contributed by atoms with E-state index >= 15 is 0 Å². The first kappa shape index (κ1) is 10.6. The van der Waals surface area contributed by atoms with Gasteiger partial charge in [-0.25, -0.2) is 0 Å². The van der Waals surface area contributed by atoms with Crippen molar-refractivity contribution in [1.82, 2.24) is 0 Å². The van der Waals surface area contributed by atoms with Crippen LogP contribution in [0.3, 0.4) is 0 Å². The van der Waals surface area contributed by atoms with Gasteiger partial charge in [0.05, 0.1) is 11.1 Å². The largest absolute Gasteiger partial charge is 0.139 e. The van der Waals surface area contributed by atoms with E-state index in [-0.39, 0.29) is 0 Å². The Morgan fingerprint density at radius 3 is 2.07 bits per heavy atom. The second-order valence-electron chi connectivity index (χ2n) is 5.14. The van der Waals surface area contributed by atoms with Crippen LogP contribution in [0.25, 0.3) is 0 Å². The molecule has 0 heterocycles. The lowest BCUT2D eigenvalue weighted by molar-refractivity contribution is 0.661. The number of benzene rings is 1. The smallest absolute Gasteiger partial charge is 0.0455 e. The van der Waals surface area contributed by atoms with Crippen molar-refractivity contribution >= 4 is 0 Å². The molecular weight excluding hydrogens is 180 g/mol. The van der Waals surface area contributed by atoms with Crippen molar-refractivity contribution in [2.45, 2.75) is 48.0 Å². The molecule has 0 radical (unpaired) electrons. The summed E-state index contributed by atoms with van der Waals surface area (Å²) < 4.78 is 0. The molecule has 0 heteroatoms. The minimum Gasteiger partial charge on any atom is -0.0455 e. The Balaban J connectivity index is 2.75. The topological polar surface area (TPSA) is 0 Å². The molecule has 1 aromatic rings. The van der Waals surface area contributed by atoms with E-state index in [4.69, 9.17) is 0 Å². The van der Waals surface area contributed by atoms with E-state index in [0.29, 0.717) is 0 Å². The summed E-state index contributed by atoms with van der Waals surface area (Å²) >= 11 is 0. The fraction of sp³-hybridized carbons (Fsp3) is 0.533. The van der Waals surface area contributed by atoms with Crippen molar-refractivity contribution in [3.05, 3.63) is 39.3 Å². The molecule has 0 fully saturated rings. The van der Waals surface area contributed by atoms with E-state index < -0.39 is 0 Å². The van der Waals surface area contributed by atoms with E-state index in [2.05, 4.69) is 41.5 Å². The summed E-state index contributed by atoms with van der Waals surface area (Å²) in [5.74, 6) is 2.33. The quantitative estimate of drug-likeness (QED) is 0.555. The molecule has 2 rings (SSSR count). The SMILES string of the molecule is Cc1c(C)c(C)c2c(c1C)CC(C)[C+]2C. The minimum atomic E-state index is 0.735. The lowest BCUT2D eigenvalue weighted by Gasteiger charge is -2.10. The van der Waals surface area contributed by atoms with Crippen LogP contribution in [0.15, 0.2) is 0 Å². The maximum atomic E-state index is 2.35. The Labute approximate surface area is 93.7 Å². The average molecular weight is 201 g/mol. The predicted molar refractivity (Wildman–Crippen MR) is 66.3 cm³/mol. The molecule has 0 N–H and O–H groups in total. The molecule has 0 amide bonds. The van der Waals surface area contributed by atoms with Crippen molar-refractivity contribution in [3.8, 4) is 0 Å². The second-order valence-corrected chi connectivity index (χ2v) is 5.14. The lowest BCUT2D eigenvalue weighted by atomic mass is 9.87. The molecule has 0 bridgehead atoms. The highest BCUT2D eigenvalue weighted by atomic mass is 14.3. The minimum absolute atomic E-state index is 0.735. The van der Waals surface area contributed by atoms with Gasteiger partial charge >= 0.3 is 0 Å². The summed E-state index contributed by atoms with van der Waals surface area (Å²) in [5.41, 5.74) is 9.20. The Bertz CT molecular complexity index is 413. The van der Waals surface area contributed by atoms with Crippen LogP contribution in [0.5, 0.6) is 0 Å². The van der Waals surface area contributed by atoms with Crippen molar-refractivity contribution in [3.63, 3.8) is 0 Å². The maximum absolute atomic E-state index is 2.35. The van der Waals surface area contributed by atoms with Gasteiger partial charge in [-0.2, -0.15) is 0 Å². The number of hydrogen-bond acceptors (Lipinski definition) is 0. The molecule has 1 atom stereocenters. The van der Waals surface area contributed by atoms with Gasteiger partial charge in [-0.3, -0.25) is 0 Å². The van der Waals surface area contributed by atoms with Crippen LogP contribution < -0.4 is 0 Å². The van der Waals surface area contributed by atoms with Crippen LogP contribution in [0.4, 0.5) is 0 Å². The monoisotopic (exact) mass is 201 g/mol. The van der Waals surface area contributed by atoms with E-state index in [1.807, 2.05) is 0 Å². The summed E-state index contributed by atoms with van der Waals surface area (Å²) in [6.45, 7) is 13.7. The summed E-state index contributed by atoms with van der Waals surface area (Å²) in [4.78, 5) is 0. The van der Waals surface area contributed by atoms with Gasteiger partial charge in [-0.05, 0) is 33.3 Å². The first-order chi connectivity index (χ1) is 6.95. The lowest BCUT2D eigenvalue weighted by Crippen LogP contribution is -2.02. The summed E-state index contributed by atoms with van der Waals surface area (Å²) in [6.07, 6.45) is 1.25. The normalized spacial score (nSPS) is 19.6. The van der Waals surface area contributed by atoms with E-state index in [0.717, 1.165) is 5.92 Å². The van der Waals surface area contributed by atoms with Gasteiger partial charge in [-0.15, -0.1) is 0 Å². The zero-order valence-corrected chi connectivity index (χ0v) is 10.8. The zero-order valence-electron chi connectivity index (χ0n) is 10.8. The first-order valence-corrected chi connectivity index (χ1v) is 5.88. The van der Waals surface area contributed by atoms with Gasteiger partial charge < -0.3 is 0 Å². The van der Waals surface area contributed by atoms with Crippen molar-refractivity contribution in [2.75, 3.05) is 0 Å². The van der Waals surface area contributed by atoms with Gasteiger partial charge in [0.15, 0.2) is 0 Å². The molecule has 15 heavy (non-hydrogen) atoms. The van der Waals surface area contributed by atoms with E-state index in [1.54, 1.807) is 17.0 Å². The molecule has 1 aliphatic carbocycles. The third-order valence-corrected chi connectivity index (χ3v) is 4.46. The van der Waals surface area contributed by atoms with Gasteiger partial charge in [0.25, 0.3) is 0 Å². The highest BCUT2D eigenvalue weighted by molar-refractivity contribution is 5.58. The van der Waals surface area contributed by atoms with Crippen LogP contribution >= 0.6 is 0 Å². The Morgan fingerprint density at radius 2 is 1.47 bits per heavy atom. The fourth-order valence-electron chi connectivity index (χ4n) is 2.88. The zero-order chi connectivity index (χ0) is 11.3. The number of rotatable bonds is 0. The van der Waals surface area contributed by atoms with Gasteiger partial charge in [-0.1, -0.05) is 0 Å². The molecule has 1 aliphatic rings. The number of fused-ring (bicyclic) bond motifs is 1. The average Bonchev–Trinajstić information content (AvgIpc) is 2.50. The molecule has 0 spiro atoms. The van der Waals surface area contributed by atoms with Gasteiger partial charge in [0, 0.05) is 43.2 Å². The van der Waals surface area contributed by atoms with Crippen molar-refractivity contribution < 1.29 is 0 Å². The van der Waals surface area contributed by atoms with E-state index in [1.165, 1.54) is 28.7 Å². The van der Waals surface area contributed by atoms with E-state index in [9.17, 15) is 0 Å². The molecule has 1 aromatic carbocycles. The standard InChI is InChI=1S/C15H21/c1-8-7-14-12(5)10(3)11(4)13(6)15(14)9(8)2/h8H,7H2,1-6H3/q+1. The van der Waals surface area contributed by atoms with Crippen LogP contribution in [-0.2, 0) is 6.42 Å². The molecule has 0 saturated heterocycles. The maximum Gasteiger partial charge on any atom is 0.139 e. The Hall–Kier alpha value is -0.910. The number of hydrogen-bond donors (Lipinski definition) is 0. The van der Waals surface area contributed by atoms with Crippen LogP contribution in [0.2, 0.25) is 0 Å². The van der Waals surface area contributed by atoms with Gasteiger partial charge in [0.1, 0.15) is 5.56 Å². The summed E-state index contributed by atoms with van der Waals surface area (Å²) in [5, 5.41) is 0. The molecule has 0 saturated carbocycles. The van der Waals surface area contributed by atoms with Crippen LogP contribution in [0.1, 0.15) is 47.2 Å². The van der Waals surface area contributed by atoms with Gasteiger partial charge in [0.2, 0.25) is 0 Å². The molecule has 80 valence electrons. The van der Waals surface area contributed by atoms with Crippen LogP contribution in [0, 0.1) is 39.5 Å². The predicted octanol–water partition coefficient (Wildman–Crippen LogP) is 4.05. The summed E-state index contributed by atoms with van der Waals surface area (Å²) in [7, 11) is 0. The van der Waals surface area contributed by atoms with Crippen LogP contribution in [-0.4, -0.2) is 0 Å². The fourth-order valence-corrected chi connectivity index (χ4v) is 2.88. The first-order valence-electron chi connectivity index (χ1n) is 5.88. The molecular formula is C15H21+. The Morgan fingerprint density at radius 1 is 0.933 bits per heavy atom. The van der Waals surface area contributed by atoms with Crippen molar-refractivity contribution in [2.24, 2.45) is 5.92 Å². The third-order valence-electron chi connectivity index (χ3n) is 4.46.